The van der Waals surface area contributed by atoms with Gasteiger partial charge in [-0.15, -0.1) is 0 Å². The van der Waals surface area contributed by atoms with Crippen molar-refractivity contribution in [2.45, 2.75) is 38.5 Å². The number of aryl methyl sites for hydroxylation is 3. The molecular weight excluding hydrogens is 384 g/mol. The predicted molar refractivity (Wildman–Crippen MR) is 108 cm³/mol. The van der Waals surface area contributed by atoms with E-state index in [0.29, 0.717) is 35.5 Å². The lowest BCUT2D eigenvalue weighted by Crippen LogP contribution is -2.38. The first kappa shape index (κ1) is 19.7. The summed E-state index contributed by atoms with van der Waals surface area (Å²) in [6.45, 7) is 5.69. The zero-order chi connectivity index (χ0) is 19.8. The van der Waals surface area contributed by atoms with Crippen LogP contribution in [0.3, 0.4) is 0 Å². The third kappa shape index (κ3) is 3.96. The van der Waals surface area contributed by atoms with Crippen LogP contribution in [0, 0.1) is 20.8 Å². The van der Waals surface area contributed by atoms with Crippen molar-refractivity contribution in [3.63, 3.8) is 0 Å². The van der Waals surface area contributed by atoms with Crippen LogP contribution in [0.5, 0.6) is 0 Å². The lowest BCUT2D eigenvalue weighted by atomic mass is 10.1. The normalized spacial score (nSPS) is 16.9. The first-order valence-electron chi connectivity index (χ1n) is 8.82. The third-order valence-corrected chi connectivity index (χ3v) is 8.15. The fourth-order valence-electron chi connectivity index (χ4n) is 3.28. The van der Waals surface area contributed by atoms with Gasteiger partial charge in [0, 0.05) is 6.54 Å². The fourth-order valence-corrected chi connectivity index (χ4v) is 6.42. The van der Waals surface area contributed by atoms with Crippen molar-refractivity contribution in [1.82, 2.24) is 0 Å². The third-order valence-electron chi connectivity index (χ3n) is 4.79. The molecule has 3 rings (SSSR count). The van der Waals surface area contributed by atoms with E-state index in [0.717, 1.165) is 12.0 Å². The summed E-state index contributed by atoms with van der Waals surface area (Å²) in [7, 11) is -7.13. The summed E-state index contributed by atoms with van der Waals surface area (Å²) >= 11 is 0. The molecule has 0 bridgehead atoms. The minimum Gasteiger partial charge on any atom is -0.279 e. The second-order valence-electron chi connectivity index (χ2n) is 6.92. The Morgan fingerprint density at radius 3 is 2.33 bits per heavy atom. The van der Waals surface area contributed by atoms with E-state index in [1.165, 1.54) is 4.31 Å². The Morgan fingerprint density at radius 2 is 1.67 bits per heavy atom. The summed E-state index contributed by atoms with van der Waals surface area (Å²) in [6, 6.07) is 10.4. The topological polar surface area (TPSA) is 83.6 Å². The number of nitrogens with one attached hydrogen (secondary N) is 1. The molecule has 8 heteroatoms. The maximum Gasteiger partial charge on any atom is 0.262 e. The van der Waals surface area contributed by atoms with E-state index in [1.54, 1.807) is 38.1 Å². The zero-order valence-corrected chi connectivity index (χ0v) is 17.3. The highest BCUT2D eigenvalue weighted by molar-refractivity contribution is 7.93. The Kier molecular flexibility index (Phi) is 5.22. The summed E-state index contributed by atoms with van der Waals surface area (Å²) in [5.74, 6) is 0.125. The average Bonchev–Trinajstić information content (AvgIpc) is 2.58. The number of hydrogen-bond donors (Lipinski definition) is 1. The molecule has 1 aliphatic rings. The molecule has 0 spiro atoms. The predicted octanol–water partition coefficient (Wildman–Crippen LogP) is 3.34. The molecule has 0 aliphatic carbocycles. The van der Waals surface area contributed by atoms with Gasteiger partial charge < -0.3 is 0 Å². The number of benzene rings is 2. The first-order valence-corrected chi connectivity index (χ1v) is 11.9. The van der Waals surface area contributed by atoms with Crippen molar-refractivity contribution >= 4 is 31.4 Å². The Balaban J connectivity index is 2.01. The Bertz CT molecular complexity index is 1080. The Hall–Kier alpha value is -2.06. The number of sulfonamides is 2. The molecule has 0 amide bonds. The smallest absolute Gasteiger partial charge is 0.262 e. The summed E-state index contributed by atoms with van der Waals surface area (Å²) in [4.78, 5) is 0.154. The van der Waals surface area contributed by atoms with Gasteiger partial charge in [0.1, 0.15) is 0 Å². The molecule has 0 atom stereocenters. The minimum absolute atomic E-state index is 0.125. The van der Waals surface area contributed by atoms with Gasteiger partial charge in [-0.1, -0.05) is 18.2 Å². The largest absolute Gasteiger partial charge is 0.279 e. The van der Waals surface area contributed by atoms with E-state index in [1.807, 2.05) is 19.1 Å². The van der Waals surface area contributed by atoms with Gasteiger partial charge in [0.15, 0.2) is 0 Å². The van der Waals surface area contributed by atoms with Crippen molar-refractivity contribution in [1.29, 1.82) is 0 Å². The van der Waals surface area contributed by atoms with E-state index < -0.39 is 20.0 Å². The molecule has 6 nitrogen and oxygen atoms in total. The van der Waals surface area contributed by atoms with Gasteiger partial charge in [-0.2, -0.15) is 0 Å². The maximum absolute atomic E-state index is 12.9. The van der Waals surface area contributed by atoms with Crippen molar-refractivity contribution in [2.75, 3.05) is 21.3 Å². The van der Waals surface area contributed by atoms with Crippen molar-refractivity contribution < 1.29 is 16.8 Å². The molecule has 146 valence electrons. The first-order chi connectivity index (χ1) is 12.6. The van der Waals surface area contributed by atoms with Crippen LogP contribution in [0.2, 0.25) is 0 Å². The fraction of sp³-hybridized carbons (Fsp3) is 0.368. The van der Waals surface area contributed by atoms with Crippen LogP contribution in [-0.2, 0) is 20.0 Å². The highest BCUT2D eigenvalue weighted by Gasteiger charge is 2.28. The molecule has 1 heterocycles. The quantitative estimate of drug-likeness (QED) is 0.841. The van der Waals surface area contributed by atoms with Crippen LogP contribution < -0.4 is 9.03 Å². The van der Waals surface area contributed by atoms with E-state index in [2.05, 4.69) is 4.72 Å². The van der Waals surface area contributed by atoms with Crippen LogP contribution in [0.25, 0.3) is 0 Å². The van der Waals surface area contributed by atoms with Crippen LogP contribution in [-0.4, -0.2) is 29.1 Å². The maximum atomic E-state index is 12.9. The molecule has 27 heavy (non-hydrogen) atoms. The van der Waals surface area contributed by atoms with Crippen molar-refractivity contribution in [3.05, 3.63) is 53.1 Å². The molecule has 1 saturated heterocycles. The number of anilines is 2. The van der Waals surface area contributed by atoms with Gasteiger partial charge in [0.25, 0.3) is 10.0 Å². The molecule has 0 radical (unpaired) electrons. The van der Waals surface area contributed by atoms with Crippen LogP contribution in [0.1, 0.15) is 29.5 Å². The Morgan fingerprint density at radius 1 is 0.963 bits per heavy atom. The van der Waals surface area contributed by atoms with Gasteiger partial charge >= 0.3 is 0 Å². The van der Waals surface area contributed by atoms with Gasteiger partial charge in [0.05, 0.1) is 22.0 Å². The van der Waals surface area contributed by atoms with Gasteiger partial charge in [-0.05, 0) is 68.5 Å². The molecular formula is C19H24N2O4S2. The van der Waals surface area contributed by atoms with Crippen LogP contribution in [0.15, 0.2) is 41.3 Å². The lowest BCUT2D eigenvalue weighted by Gasteiger charge is -2.30. The lowest BCUT2D eigenvalue weighted by molar-refractivity contribution is 0.574. The van der Waals surface area contributed by atoms with Gasteiger partial charge in [-0.3, -0.25) is 9.03 Å². The van der Waals surface area contributed by atoms with Crippen LogP contribution >= 0.6 is 0 Å². The molecule has 1 aliphatic heterocycles. The Labute approximate surface area is 161 Å². The van der Waals surface area contributed by atoms with E-state index in [-0.39, 0.29) is 10.6 Å². The highest BCUT2D eigenvalue weighted by atomic mass is 32.2. The molecule has 0 aromatic heterocycles. The molecule has 2 aromatic rings. The molecule has 1 fully saturated rings. The van der Waals surface area contributed by atoms with Gasteiger partial charge in [0.2, 0.25) is 10.0 Å². The van der Waals surface area contributed by atoms with E-state index in [4.69, 9.17) is 0 Å². The molecule has 0 saturated carbocycles. The van der Waals surface area contributed by atoms with Crippen molar-refractivity contribution in [3.8, 4) is 0 Å². The summed E-state index contributed by atoms with van der Waals surface area (Å²) < 4.78 is 54.6. The zero-order valence-electron chi connectivity index (χ0n) is 15.7. The molecule has 1 N–H and O–H groups in total. The van der Waals surface area contributed by atoms with Crippen LogP contribution in [0.4, 0.5) is 11.4 Å². The molecule has 2 aromatic carbocycles. The number of para-hydroxylation sites is 1. The van der Waals surface area contributed by atoms with E-state index >= 15 is 0 Å². The second-order valence-corrected chi connectivity index (χ2v) is 10.6. The van der Waals surface area contributed by atoms with E-state index in [9.17, 15) is 16.8 Å². The SMILES string of the molecule is Cc1ccccc1NS(=O)(=O)c1cc(C)c(N2CCCCS2(=O)=O)cc1C. The minimum atomic E-state index is -3.78. The standard InChI is InChI=1S/C19H24N2O4S2/c1-14-8-4-5-9-17(14)20-27(24,25)19-13-15(2)18(12-16(19)3)21-10-6-7-11-26(21,22)23/h4-5,8-9,12-13,20H,6-7,10-11H2,1-3H3. The monoisotopic (exact) mass is 408 g/mol. The number of hydrogen-bond acceptors (Lipinski definition) is 4. The molecule has 0 unspecified atom stereocenters. The number of rotatable bonds is 4. The van der Waals surface area contributed by atoms with Crippen molar-refractivity contribution in [2.24, 2.45) is 0 Å². The number of nitrogens with zero attached hydrogens (tertiary/aromatic N) is 1. The summed E-state index contributed by atoms with van der Waals surface area (Å²) in [5.41, 5.74) is 3.04. The summed E-state index contributed by atoms with van der Waals surface area (Å²) in [6.07, 6.45) is 1.45. The van der Waals surface area contributed by atoms with Gasteiger partial charge in [-0.25, -0.2) is 16.8 Å². The highest BCUT2D eigenvalue weighted by Crippen LogP contribution is 2.32. The average molecular weight is 409 g/mol. The second kappa shape index (κ2) is 7.16. The summed E-state index contributed by atoms with van der Waals surface area (Å²) in [5, 5.41) is 0.